The van der Waals surface area contributed by atoms with E-state index in [0.717, 1.165) is 18.4 Å². The largest absolute Gasteiger partial charge is 0.462 e. The molecule has 4 heteroatoms. The van der Waals surface area contributed by atoms with Gasteiger partial charge in [-0.3, -0.25) is 0 Å². The van der Waals surface area contributed by atoms with Gasteiger partial charge in [-0.1, -0.05) is 31.5 Å². The van der Waals surface area contributed by atoms with Crippen molar-refractivity contribution in [1.29, 1.82) is 0 Å². The highest BCUT2D eigenvalue weighted by molar-refractivity contribution is 6.06. The molecule has 0 saturated heterocycles. The Balaban J connectivity index is 2.18. The third-order valence-corrected chi connectivity index (χ3v) is 2.94. The highest BCUT2D eigenvalue weighted by atomic mass is 16.6. The predicted octanol–water partition coefficient (Wildman–Crippen LogP) is 2.85. The van der Waals surface area contributed by atoms with E-state index in [9.17, 15) is 9.59 Å². The maximum atomic E-state index is 11.7. The molecule has 0 fully saturated rings. The van der Waals surface area contributed by atoms with Gasteiger partial charge < -0.3 is 9.47 Å². The molecule has 2 rings (SSSR count). The number of esters is 2. The number of ether oxygens (including phenoxy) is 2. The van der Waals surface area contributed by atoms with Gasteiger partial charge in [0.1, 0.15) is 5.76 Å². The Kier molecular flexibility index (Phi) is 4.00. The molecule has 0 unspecified atom stereocenters. The van der Waals surface area contributed by atoms with Gasteiger partial charge in [0.2, 0.25) is 0 Å². The maximum Gasteiger partial charge on any atom is 0.344 e. The van der Waals surface area contributed by atoms with Crippen LogP contribution in [0.4, 0.5) is 0 Å². The molecule has 0 atom stereocenters. The number of fused-ring (bicyclic) bond motifs is 1. The Morgan fingerprint density at radius 1 is 1.42 bits per heavy atom. The third kappa shape index (κ3) is 2.84. The van der Waals surface area contributed by atoms with E-state index in [2.05, 4.69) is 0 Å². The Hall–Kier alpha value is -2.10. The van der Waals surface area contributed by atoms with Crippen LogP contribution in [0.2, 0.25) is 0 Å². The number of aryl methyl sites for hydroxylation is 1. The van der Waals surface area contributed by atoms with Gasteiger partial charge in [0.15, 0.2) is 0 Å². The average molecular weight is 260 g/mol. The molecule has 0 aromatic heterocycles. The number of carbonyl (C=O) groups excluding carboxylic acids is 2. The molecule has 1 aliphatic heterocycles. The van der Waals surface area contributed by atoms with Crippen molar-refractivity contribution in [2.24, 2.45) is 0 Å². The van der Waals surface area contributed by atoms with E-state index >= 15 is 0 Å². The second-order valence-corrected chi connectivity index (χ2v) is 4.42. The van der Waals surface area contributed by atoms with Crippen molar-refractivity contribution in [3.05, 3.63) is 41.0 Å². The first-order chi connectivity index (χ1) is 9.13. The van der Waals surface area contributed by atoms with E-state index in [-0.39, 0.29) is 5.76 Å². The number of unbranched alkanes of at least 4 members (excludes halogenated alkanes) is 1. The van der Waals surface area contributed by atoms with Crippen molar-refractivity contribution < 1.29 is 19.1 Å². The van der Waals surface area contributed by atoms with Crippen LogP contribution in [0, 0.1) is 6.92 Å². The molecule has 1 aromatic carbocycles. The molecule has 1 heterocycles. The molecule has 0 aliphatic carbocycles. The van der Waals surface area contributed by atoms with Crippen LogP contribution in [-0.4, -0.2) is 18.5 Å². The molecule has 4 nitrogen and oxygen atoms in total. The summed E-state index contributed by atoms with van der Waals surface area (Å²) < 4.78 is 10.1. The molecule has 1 aromatic rings. The first kappa shape index (κ1) is 13.3. The molecule has 0 N–H and O–H groups in total. The summed E-state index contributed by atoms with van der Waals surface area (Å²) in [5.41, 5.74) is 2.01. The molecule has 1 aliphatic rings. The van der Waals surface area contributed by atoms with Crippen molar-refractivity contribution in [3.63, 3.8) is 0 Å². The fourth-order valence-corrected chi connectivity index (χ4v) is 1.92. The van der Waals surface area contributed by atoms with Gasteiger partial charge in [0.05, 0.1) is 18.2 Å². The number of rotatable bonds is 4. The molecule has 0 spiro atoms. The summed E-state index contributed by atoms with van der Waals surface area (Å²) in [5.74, 6) is -0.628. The number of cyclic esters (lactones) is 1. The fourth-order valence-electron chi connectivity index (χ4n) is 1.92. The second-order valence-electron chi connectivity index (χ2n) is 4.42. The molecular formula is C15H16O4. The van der Waals surface area contributed by atoms with Crippen molar-refractivity contribution in [2.75, 3.05) is 6.61 Å². The number of benzene rings is 1. The minimum Gasteiger partial charge on any atom is -0.462 e. The van der Waals surface area contributed by atoms with E-state index in [4.69, 9.17) is 9.47 Å². The molecule has 0 bridgehead atoms. The standard InChI is InChI=1S/C15H16O4/c1-3-4-8-18-13(16)9-12-11-7-5-6-10(2)14(11)15(17)19-12/h5-7,9H,3-4,8H2,1-2H3/b12-9-. The molecule has 0 radical (unpaired) electrons. The van der Waals surface area contributed by atoms with Crippen LogP contribution in [0.15, 0.2) is 24.3 Å². The zero-order valence-corrected chi connectivity index (χ0v) is 11.1. The predicted molar refractivity (Wildman–Crippen MR) is 70.4 cm³/mol. The van der Waals surface area contributed by atoms with E-state index in [1.54, 1.807) is 6.07 Å². The molecular weight excluding hydrogens is 244 g/mol. The van der Waals surface area contributed by atoms with Gasteiger partial charge in [-0.2, -0.15) is 0 Å². The Labute approximate surface area is 112 Å². The average Bonchev–Trinajstić information content (AvgIpc) is 2.68. The Morgan fingerprint density at radius 2 is 2.21 bits per heavy atom. The van der Waals surface area contributed by atoms with Crippen LogP contribution < -0.4 is 0 Å². The highest BCUT2D eigenvalue weighted by Crippen LogP contribution is 2.31. The number of hydrogen-bond acceptors (Lipinski definition) is 4. The van der Waals surface area contributed by atoms with Gasteiger partial charge in [0, 0.05) is 5.56 Å². The lowest BCUT2D eigenvalue weighted by Gasteiger charge is -2.01. The van der Waals surface area contributed by atoms with Gasteiger partial charge in [-0.25, -0.2) is 9.59 Å². The summed E-state index contributed by atoms with van der Waals surface area (Å²) in [7, 11) is 0. The van der Waals surface area contributed by atoms with Crippen molar-refractivity contribution in [1.82, 2.24) is 0 Å². The molecule has 19 heavy (non-hydrogen) atoms. The summed E-state index contributed by atoms with van der Waals surface area (Å²) in [4.78, 5) is 23.3. The minimum atomic E-state index is -0.481. The maximum absolute atomic E-state index is 11.7. The molecule has 0 amide bonds. The van der Waals surface area contributed by atoms with Crippen molar-refractivity contribution in [3.8, 4) is 0 Å². The minimum absolute atomic E-state index is 0.269. The van der Waals surface area contributed by atoms with E-state index in [1.807, 2.05) is 26.0 Å². The third-order valence-electron chi connectivity index (χ3n) is 2.94. The Morgan fingerprint density at radius 3 is 2.95 bits per heavy atom. The number of hydrogen-bond donors (Lipinski definition) is 0. The summed E-state index contributed by atoms with van der Waals surface area (Å²) >= 11 is 0. The van der Waals surface area contributed by atoms with Crippen molar-refractivity contribution in [2.45, 2.75) is 26.7 Å². The van der Waals surface area contributed by atoms with Crippen LogP contribution in [0.3, 0.4) is 0 Å². The summed E-state index contributed by atoms with van der Waals surface area (Å²) in [6.07, 6.45) is 3.02. The quantitative estimate of drug-likeness (QED) is 0.474. The molecule has 0 saturated carbocycles. The topological polar surface area (TPSA) is 52.6 Å². The van der Waals surface area contributed by atoms with E-state index < -0.39 is 11.9 Å². The molecule has 100 valence electrons. The Bertz CT molecular complexity index is 543. The van der Waals surface area contributed by atoms with Gasteiger partial charge in [-0.15, -0.1) is 0 Å². The van der Waals surface area contributed by atoms with Crippen molar-refractivity contribution >= 4 is 17.7 Å². The van der Waals surface area contributed by atoms with Crippen LogP contribution in [-0.2, 0) is 14.3 Å². The van der Waals surface area contributed by atoms with E-state index in [1.165, 1.54) is 6.08 Å². The zero-order chi connectivity index (χ0) is 13.8. The lowest BCUT2D eigenvalue weighted by Crippen LogP contribution is -2.03. The SMILES string of the molecule is CCCCOC(=O)/C=C1\OC(=O)c2c(C)cccc21. The lowest BCUT2D eigenvalue weighted by molar-refractivity contribution is -0.137. The van der Waals surface area contributed by atoms with Gasteiger partial charge in [-0.05, 0) is 18.9 Å². The zero-order valence-electron chi connectivity index (χ0n) is 11.1. The fraction of sp³-hybridized carbons (Fsp3) is 0.333. The monoisotopic (exact) mass is 260 g/mol. The highest BCUT2D eigenvalue weighted by Gasteiger charge is 2.28. The van der Waals surface area contributed by atoms with Gasteiger partial charge >= 0.3 is 11.9 Å². The summed E-state index contributed by atoms with van der Waals surface area (Å²) in [5, 5.41) is 0. The van der Waals surface area contributed by atoms with Gasteiger partial charge in [0.25, 0.3) is 0 Å². The number of carbonyl (C=O) groups is 2. The van der Waals surface area contributed by atoms with Crippen LogP contribution in [0.25, 0.3) is 5.76 Å². The van der Waals surface area contributed by atoms with E-state index in [0.29, 0.717) is 17.7 Å². The normalized spacial score (nSPS) is 15.3. The van der Waals surface area contributed by atoms with Crippen LogP contribution in [0.5, 0.6) is 0 Å². The lowest BCUT2D eigenvalue weighted by atomic mass is 10.0. The first-order valence-electron chi connectivity index (χ1n) is 6.34. The first-order valence-corrected chi connectivity index (χ1v) is 6.34. The smallest absolute Gasteiger partial charge is 0.344 e. The second kappa shape index (κ2) is 5.69. The summed E-state index contributed by atoms with van der Waals surface area (Å²) in [6.45, 7) is 4.24. The van der Waals surface area contributed by atoms with Crippen LogP contribution >= 0.6 is 0 Å². The van der Waals surface area contributed by atoms with Crippen LogP contribution in [0.1, 0.15) is 41.3 Å². The summed E-state index contributed by atoms with van der Waals surface area (Å²) in [6, 6.07) is 5.42.